The maximum Gasteiger partial charge on any atom is 0.409 e. The van der Waals surface area contributed by atoms with Crippen LogP contribution in [0.15, 0.2) is 66.3 Å². The Bertz CT molecular complexity index is 3280. The Labute approximate surface area is 561 Å². The number of amides is 5. The average Bonchev–Trinajstić information content (AvgIpc) is 1.60. The number of hydrogen-bond donors (Lipinski definition) is 5. The topological polar surface area (TPSA) is 313 Å². The van der Waals surface area contributed by atoms with Gasteiger partial charge in [-0.15, -0.1) is 0 Å². The first-order valence-corrected chi connectivity index (χ1v) is 32.9. The van der Waals surface area contributed by atoms with E-state index in [1.807, 2.05) is 44.3 Å². The second-order valence-corrected chi connectivity index (χ2v) is 26.2. The van der Waals surface area contributed by atoms with E-state index in [-0.39, 0.29) is 94.6 Å². The van der Waals surface area contributed by atoms with Gasteiger partial charge in [-0.1, -0.05) is 88.2 Å². The number of alkyl carbamates (subject to hydrolysis) is 1. The fourth-order valence-electron chi connectivity index (χ4n) is 12.1. The van der Waals surface area contributed by atoms with Gasteiger partial charge in [0, 0.05) is 108 Å². The normalized spacial score (nSPS) is 23.6. The number of aromatic nitrogens is 1. The monoisotopic (exact) mass is 1350 g/mol. The lowest BCUT2D eigenvalue weighted by atomic mass is 9.83. The molecule has 6 rings (SSSR count). The summed E-state index contributed by atoms with van der Waals surface area (Å²) in [6.07, 6.45) is -0.510. The molecule has 1 aromatic heterocycles. The minimum absolute atomic E-state index is 0.000389. The smallest absolute Gasteiger partial charge is 0.409 e. The summed E-state index contributed by atoms with van der Waals surface area (Å²) in [4.78, 5) is 126. The summed E-state index contributed by atoms with van der Waals surface area (Å²) in [7, 11) is 7.81. The molecule has 95 heavy (non-hydrogen) atoms. The number of aliphatic carboxylic acids is 1. The van der Waals surface area contributed by atoms with Crippen LogP contribution in [0.2, 0.25) is 5.02 Å². The number of nitrogens with zero attached hydrogens (tertiary/aromatic N) is 4. The average molecular weight is 1350 g/mol. The number of likely N-dealkylation sites (N-methyl/N-ethyl adjacent to an activating group) is 1. The number of benzene rings is 2. The van der Waals surface area contributed by atoms with Crippen LogP contribution >= 0.6 is 11.6 Å². The number of Topliss-reactive ketones (excluding diaryl/α,β-unsaturated/α-hetero) is 2. The van der Waals surface area contributed by atoms with Gasteiger partial charge in [0.2, 0.25) is 23.6 Å². The highest BCUT2D eigenvalue weighted by Gasteiger charge is 2.64. The summed E-state index contributed by atoms with van der Waals surface area (Å²) in [5.41, 5.74) is 0.752. The number of carbonyl (C=O) groups excluding carboxylic acids is 8. The molecule has 5 N–H and O–H groups in total. The Balaban J connectivity index is 0.981. The van der Waals surface area contributed by atoms with Gasteiger partial charge in [0.25, 0.3) is 0 Å². The number of carboxylic acids is 1. The van der Waals surface area contributed by atoms with Gasteiger partial charge in [-0.3, -0.25) is 38.9 Å². The zero-order valence-electron chi connectivity index (χ0n) is 57.2. The predicted molar refractivity (Wildman–Crippen MR) is 354 cm³/mol. The quantitative estimate of drug-likeness (QED) is 0.0246. The molecule has 2 fully saturated rings. The molecule has 4 bridgehead atoms. The number of allylic oxidation sites excluding steroid dienone is 3. The van der Waals surface area contributed by atoms with Crippen molar-refractivity contribution < 1.29 is 86.5 Å². The third kappa shape index (κ3) is 20.9. The lowest BCUT2D eigenvalue weighted by Crippen LogP contribution is -2.63. The molecule has 5 amide bonds. The number of ether oxygens (including phenoxy) is 7. The summed E-state index contributed by atoms with van der Waals surface area (Å²) >= 11 is 6.85. The molecule has 3 aliphatic heterocycles. The van der Waals surface area contributed by atoms with Crippen molar-refractivity contribution in [3.05, 3.63) is 82.5 Å². The maximum absolute atomic E-state index is 14.5. The molecular formula is C69H98ClN7O18. The predicted octanol–water partition coefficient (Wildman–Crippen LogP) is 6.73. The molecule has 3 aliphatic rings. The molecule has 0 saturated carbocycles. The Morgan fingerprint density at radius 2 is 1.65 bits per heavy atom. The van der Waals surface area contributed by atoms with E-state index in [2.05, 4.69) is 38.4 Å². The summed E-state index contributed by atoms with van der Waals surface area (Å²) in [5, 5.41) is 30.6. The van der Waals surface area contributed by atoms with E-state index in [4.69, 9.17) is 44.8 Å². The molecule has 26 heteroatoms. The number of esters is 1. The zero-order valence-corrected chi connectivity index (χ0v) is 57.9. The molecule has 0 spiro atoms. The van der Waals surface area contributed by atoms with Crippen molar-refractivity contribution in [2.24, 2.45) is 23.7 Å². The number of halogens is 1. The molecule has 0 radical (unpaired) electrons. The van der Waals surface area contributed by atoms with Crippen LogP contribution < -0.4 is 25.6 Å². The standard InChI is InChI=1S/C69H98ClN7O18/c1-14-74(9)40-49-36-47-19-15-16-20-51(47)77(49)27-24-50(78)37-48(22-23-60(82)83)64(84)71-26-29-92-31-30-91-28-25-58(80)72-62(41(2)3)53(79)33-43(5)65(85)75(10)45(7)66(86)94-57-38-59(81)76(11)52-34-46(35-54(89-12)61(52)70)32-42(4)18-17-21-56(90-13)69(88)39-55(93-67(87)73-69)44(6)63-68(57,8)95-63/h15-21,34-36,41,43-45,48,55-57,62-63,88H,14,22-33,37-40H2,1-13H3,(H,71,84)(H,72,80)(H,73,87)(H,82,83)/b21-17+,42-18+/t43-,44-,45+,48-,55+,56-,57+,62+,63+,68+,69+/m1/s1. The van der Waals surface area contributed by atoms with Gasteiger partial charge in [-0.2, -0.15) is 0 Å². The molecule has 4 heterocycles. The molecule has 11 atom stereocenters. The third-order valence-corrected chi connectivity index (χ3v) is 18.5. The fraction of sp³-hybridized carbons (Fsp3) is 0.609. The van der Waals surface area contributed by atoms with Crippen LogP contribution in [-0.2, 0) is 86.3 Å². The van der Waals surface area contributed by atoms with Crippen molar-refractivity contribution in [1.82, 2.24) is 30.3 Å². The number of anilines is 1. The largest absolute Gasteiger partial charge is 0.495 e. The van der Waals surface area contributed by atoms with Gasteiger partial charge in [0.15, 0.2) is 11.5 Å². The third-order valence-electron chi connectivity index (χ3n) is 18.2. The number of rotatable bonds is 32. The zero-order chi connectivity index (χ0) is 70.1. The summed E-state index contributed by atoms with van der Waals surface area (Å²) in [6.45, 7) is 16.3. The van der Waals surface area contributed by atoms with Crippen LogP contribution in [0.25, 0.3) is 10.9 Å². The minimum Gasteiger partial charge on any atom is -0.495 e. The van der Waals surface area contributed by atoms with Crippen molar-refractivity contribution in [3.8, 4) is 5.75 Å². The van der Waals surface area contributed by atoms with E-state index in [0.29, 0.717) is 30.9 Å². The van der Waals surface area contributed by atoms with Crippen LogP contribution in [0.3, 0.4) is 0 Å². The molecule has 3 aromatic rings. The first kappa shape index (κ1) is 76.8. The van der Waals surface area contributed by atoms with Crippen molar-refractivity contribution in [1.29, 1.82) is 0 Å². The number of hydrogen-bond acceptors (Lipinski definition) is 18. The molecule has 2 saturated heterocycles. The number of carbonyl (C=O) groups is 9. The van der Waals surface area contributed by atoms with Gasteiger partial charge < -0.3 is 73.3 Å². The van der Waals surface area contributed by atoms with Crippen LogP contribution in [0.1, 0.15) is 118 Å². The summed E-state index contributed by atoms with van der Waals surface area (Å²) in [6, 6.07) is 11.4. The number of epoxide rings is 1. The van der Waals surface area contributed by atoms with E-state index >= 15 is 0 Å². The molecule has 2 aromatic carbocycles. The lowest BCUT2D eigenvalue weighted by Gasteiger charge is -2.42. The second kappa shape index (κ2) is 35.1. The maximum atomic E-state index is 14.5. The van der Waals surface area contributed by atoms with E-state index < -0.39 is 119 Å². The van der Waals surface area contributed by atoms with E-state index in [1.54, 1.807) is 52.0 Å². The highest BCUT2D eigenvalue weighted by Crippen LogP contribution is 2.49. The number of ketones is 2. The Hall–Kier alpha value is -7.26. The number of fused-ring (bicyclic) bond motifs is 6. The van der Waals surface area contributed by atoms with Gasteiger partial charge in [-0.05, 0) is 88.3 Å². The summed E-state index contributed by atoms with van der Waals surface area (Å²) in [5.74, 6) is -7.01. The molecular weight excluding hydrogens is 1250 g/mol. The van der Waals surface area contributed by atoms with Crippen molar-refractivity contribution >= 4 is 81.4 Å². The Morgan fingerprint density at radius 3 is 2.33 bits per heavy atom. The number of aryl methyl sites for hydroxylation is 1. The van der Waals surface area contributed by atoms with Crippen LogP contribution in [-0.4, -0.2) is 201 Å². The Morgan fingerprint density at radius 1 is 0.947 bits per heavy atom. The van der Waals surface area contributed by atoms with Gasteiger partial charge in [-0.25, -0.2) is 9.59 Å². The molecule has 524 valence electrons. The highest BCUT2D eigenvalue weighted by atomic mass is 35.5. The number of para-hydroxylation sites is 1. The van der Waals surface area contributed by atoms with E-state index in [1.165, 1.54) is 47.1 Å². The van der Waals surface area contributed by atoms with E-state index in [9.17, 15) is 53.4 Å². The number of nitrogens with one attached hydrogen (secondary N) is 3. The van der Waals surface area contributed by atoms with Crippen LogP contribution in [0.4, 0.5) is 10.5 Å². The van der Waals surface area contributed by atoms with Crippen molar-refractivity contribution in [2.75, 3.05) is 79.8 Å². The van der Waals surface area contributed by atoms with Gasteiger partial charge in [0.05, 0.1) is 57.8 Å². The SMILES string of the molecule is CCN(C)Cc1cc2ccccc2n1CCC(=O)C[C@@H](CCC(=O)O)C(=O)NCCOCCOCCC(=O)N[C@H](C(=O)C[C@@H](C)C(=O)N(C)[C@@H](C)C(=O)O[C@H]1CC(=O)N(C)c2cc(cc(OC)c2Cl)C/C(C)=C/C=C/[C@@H](OC)[C@@]2(O)C[C@H](OC(=O)N2)[C@@H](C)[C@@H]2O[C@@]12C)C(C)C. The number of aliphatic hydroxyl groups is 1. The lowest BCUT2D eigenvalue weighted by molar-refractivity contribution is -0.162. The van der Waals surface area contributed by atoms with Crippen LogP contribution in [0, 0.1) is 23.7 Å². The van der Waals surface area contributed by atoms with Crippen LogP contribution in [0.5, 0.6) is 5.75 Å². The van der Waals surface area contributed by atoms with Gasteiger partial charge >= 0.3 is 18.0 Å². The first-order chi connectivity index (χ1) is 44.9. The first-order valence-electron chi connectivity index (χ1n) is 32.6. The van der Waals surface area contributed by atoms with Gasteiger partial charge in [0.1, 0.15) is 46.5 Å². The van der Waals surface area contributed by atoms with Crippen molar-refractivity contribution in [2.45, 2.75) is 174 Å². The van der Waals surface area contributed by atoms with E-state index in [0.717, 1.165) is 39.2 Å². The highest BCUT2D eigenvalue weighted by molar-refractivity contribution is 6.35. The number of carboxylic acid groups (broad SMARTS) is 1. The molecule has 25 nitrogen and oxygen atoms in total. The summed E-state index contributed by atoms with van der Waals surface area (Å²) < 4.78 is 42.9. The second-order valence-electron chi connectivity index (χ2n) is 25.8. The Kier molecular flexibility index (Phi) is 28.4. The number of methoxy groups -OCH3 is 2. The fourth-order valence-corrected chi connectivity index (χ4v) is 12.4. The minimum atomic E-state index is -1.91. The van der Waals surface area contributed by atoms with Crippen molar-refractivity contribution in [3.63, 3.8) is 0 Å². The molecule has 0 aliphatic carbocycles. The molecule has 0 unspecified atom stereocenters.